The lowest BCUT2D eigenvalue weighted by Crippen LogP contribution is -2.61. The van der Waals surface area contributed by atoms with Crippen molar-refractivity contribution in [2.45, 2.75) is 31.9 Å². The number of carbonyl (C=O) groups excluding carboxylic acids is 1. The third-order valence-electron chi connectivity index (χ3n) is 4.14. The monoisotopic (exact) mass is 267 g/mol. The molecule has 0 radical (unpaired) electrons. The molecule has 1 saturated carbocycles. The number of fused-ring (bicyclic) bond motifs is 1. The van der Waals surface area contributed by atoms with Crippen molar-refractivity contribution in [3.8, 4) is 0 Å². The number of carbonyl (C=O) groups is 1. The van der Waals surface area contributed by atoms with Gasteiger partial charge >= 0.3 is 0 Å². The molecule has 98 valence electrons. The van der Waals surface area contributed by atoms with Gasteiger partial charge in [-0.2, -0.15) is 4.37 Å². The number of aromatic nitrogens is 1. The van der Waals surface area contributed by atoms with Crippen LogP contribution in [0.4, 0.5) is 5.82 Å². The highest BCUT2D eigenvalue weighted by Gasteiger charge is 2.53. The molecule has 0 spiro atoms. The smallest absolute Gasteiger partial charge is 0.256 e. The van der Waals surface area contributed by atoms with E-state index < -0.39 is 0 Å². The first-order chi connectivity index (χ1) is 8.72. The van der Waals surface area contributed by atoms with Gasteiger partial charge in [-0.3, -0.25) is 4.79 Å². The van der Waals surface area contributed by atoms with Crippen LogP contribution in [0.2, 0.25) is 0 Å². The summed E-state index contributed by atoms with van der Waals surface area (Å²) in [6.45, 7) is 2.96. The summed E-state index contributed by atoms with van der Waals surface area (Å²) in [5.41, 5.74) is 6.16. The molecular formula is C12H17N3O2S. The van der Waals surface area contributed by atoms with Gasteiger partial charge in [0, 0.05) is 29.9 Å². The van der Waals surface area contributed by atoms with Crippen LogP contribution in [-0.4, -0.2) is 29.0 Å². The van der Waals surface area contributed by atoms with E-state index in [0.29, 0.717) is 29.3 Å². The Labute approximate surface area is 110 Å². The summed E-state index contributed by atoms with van der Waals surface area (Å²) in [5.74, 6) is 1.14. The molecule has 0 unspecified atom stereocenters. The van der Waals surface area contributed by atoms with E-state index in [2.05, 4.69) is 16.6 Å². The van der Waals surface area contributed by atoms with Gasteiger partial charge in [0.1, 0.15) is 5.82 Å². The van der Waals surface area contributed by atoms with E-state index in [1.807, 2.05) is 0 Å². The highest BCUT2D eigenvalue weighted by atomic mass is 32.1. The maximum Gasteiger partial charge on any atom is 0.256 e. The van der Waals surface area contributed by atoms with Crippen LogP contribution >= 0.6 is 11.5 Å². The third-order valence-corrected chi connectivity index (χ3v) is 4.78. The van der Waals surface area contributed by atoms with Crippen molar-refractivity contribution in [3.05, 3.63) is 10.9 Å². The van der Waals surface area contributed by atoms with Crippen molar-refractivity contribution >= 4 is 23.3 Å². The van der Waals surface area contributed by atoms with Crippen LogP contribution in [0, 0.1) is 11.8 Å². The van der Waals surface area contributed by atoms with E-state index >= 15 is 0 Å². The van der Waals surface area contributed by atoms with Gasteiger partial charge in [-0.1, -0.05) is 6.92 Å². The zero-order valence-electron chi connectivity index (χ0n) is 10.3. The third kappa shape index (κ3) is 1.71. The average molecular weight is 267 g/mol. The second-order valence-electron chi connectivity index (χ2n) is 4.97. The fourth-order valence-electron chi connectivity index (χ4n) is 3.17. The Morgan fingerprint density at radius 1 is 1.72 bits per heavy atom. The second-order valence-corrected chi connectivity index (χ2v) is 5.60. The minimum Gasteiger partial charge on any atom is -0.382 e. The molecule has 2 heterocycles. The van der Waals surface area contributed by atoms with Crippen LogP contribution in [0.15, 0.2) is 5.38 Å². The fourth-order valence-corrected chi connectivity index (χ4v) is 3.77. The fraction of sp³-hybridized carbons (Fsp3) is 0.667. The first kappa shape index (κ1) is 11.9. The van der Waals surface area contributed by atoms with Crippen molar-refractivity contribution in [1.29, 1.82) is 0 Å². The number of nitrogens with one attached hydrogen (secondary N) is 1. The van der Waals surface area contributed by atoms with Gasteiger partial charge in [0.15, 0.2) is 0 Å². The molecule has 3 rings (SSSR count). The van der Waals surface area contributed by atoms with E-state index in [1.54, 1.807) is 5.38 Å². The summed E-state index contributed by atoms with van der Waals surface area (Å²) in [7, 11) is 0. The predicted molar refractivity (Wildman–Crippen MR) is 69.4 cm³/mol. The highest BCUT2D eigenvalue weighted by Crippen LogP contribution is 2.45. The average Bonchev–Trinajstić information content (AvgIpc) is 2.94. The number of nitrogens with two attached hydrogens (primary N) is 1. The summed E-state index contributed by atoms with van der Waals surface area (Å²) in [5, 5.41) is 4.80. The molecule has 0 bridgehead atoms. The molecule has 2 fully saturated rings. The molecule has 6 heteroatoms. The SMILES string of the molecule is CC[C@@H]1[C@H](NC(=O)c2csnc2N)[C@@H]2CCO[C@H]12. The van der Waals surface area contributed by atoms with Crippen LogP contribution < -0.4 is 11.1 Å². The van der Waals surface area contributed by atoms with Gasteiger partial charge in [0.25, 0.3) is 5.91 Å². The van der Waals surface area contributed by atoms with Gasteiger partial charge in [-0.05, 0) is 24.4 Å². The molecule has 1 aliphatic heterocycles. The van der Waals surface area contributed by atoms with Crippen molar-refractivity contribution < 1.29 is 9.53 Å². The largest absolute Gasteiger partial charge is 0.382 e. The zero-order chi connectivity index (χ0) is 12.7. The molecule has 1 aromatic rings. The predicted octanol–water partition coefficient (Wildman–Crippen LogP) is 1.27. The molecule has 18 heavy (non-hydrogen) atoms. The summed E-state index contributed by atoms with van der Waals surface area (Å²) in [6.07, 6.45) is 2.42. The molecule has 1 saturated heterocycles. The van der Waals surface area contributed by atoms with E-state index in [4.69, 9.17) is 10.5 Å². The number of ether oxygens (including phenoxy) is 1. The molecule has 1 aliphatic carbocycles. The van der Waals surface area contributed by atoms with E-state index in [1.165, 1.54) is 11.5 Å². The van der Waals surface area contributed by atoms with Gasteiger partial charge < -0.3 is 15.8 Å². The Morgan fingerprint density at radius 3 is 3.22 bits per heavy atom. The molecule has 1 aromatic heterocycles. The Bertz CT molecular complexity index is 462. The van der Waals surface area contributed by atoms with Gasteiger partial charge in [-0.25, -0.2) is 0 Å². The van der Waals surface area contributed by atoms with Gasteiger partial charge in [0.2, 0.25) is 0 Å². The Morgan fingerprint density at radius 2 is 2.56 bits per heavy atom. The summed E-state index contributed by atoms with van der Waals surface area (Å²) in [6, 6.07) is 0.231. The molecular weight excluding hydrogens is 250 g/mol. The van der Waals surface area contributed by atoms with Crippen molar-refractivity contribution in [2.24, 2.45) is 11.8 Å². The van der Waals surface area contributed by atoms with Crippen LogP contribution in [-0.2, 0) is 4.74 Å². The summed E-state index contributed by atoms with van der Waals surface area (Å²) in [4.78, 5) is 12.1. The maximum absolute atomic E-state index is 12.1. The lowest BCUT2D eigenvalue weighted by molar-refractivity contribution is -0.0545. The van der Waals surface area contributed by atoms with Crippen LogP contribution in [0.25, 0.3) is 0 Å². The first-order valence-corrected chi connectivity index (χ1v) is 7.18. The van der Waals surface area contributed by atoms with Crippen molar-refractivity contribution in [1.82, 2.24) is 9.69 Å². The van der Waals surface area contributed by atoms with Crippen LogP contribution in [0.1, 0.15) is 30.1 Å². The van der Waals surface area contributed by atoms with E-state index in [9.17, 15) is 4.79 Å². The highest BCUT2D eigenvalue weighted by molar-refractivity contribution is 7.04. The maximum atomic E-state index is 12.1. The summed E-state index contributed by atoms with van der Waals surface area (Å²) >= 11 is 1.21. The Balaban J connectivity index is 1.69. The van der Waals surface area contributed by atoms with E-state index in [0.717, 1.165) is 19.4 Å². The lowest BCUT2D eigenvalue weighted by Gasteiger charge is -2.47. The van der Waals surface area contributed by atoms with E-state index in [-0.39, 0.29) is 11.9 Å². The molecule has 1 amide bonds. The van der Waals surface area contributed by atoms with Crippen LogP contribution in [0.5, 0.6) is 0 Å². The standard InChI is InChI=1S/C12H17N3O2S/c1-2-6-9(7-3-4-17-10(6)7)14-12(16)8-5-18-15-11(8)13/h5-7,9-10H,2-4H2,1H3,(H2,13,15)(H,14,16)/t6-,7+,9+,10-/m1/s1. The molecule has 0 aromatic carbocycles. The number of rotatable bonds is 3. The number of nitrogen functional groups attached to an aromatic ring is 1. The first-order valence-electron chi connectivity index (χ1n) is 6.34. The quantitative estimate of drug-likeness (QED) is 0.864. The zero-order valence-corrected chi connectivity index (χ0v) is 11.1. The second kappa shape index (κ2) is 4.51. The van der Waals surface area contributed by atoms with Crippen LogP contribution in [0.3, 0.4) is 0 Å². The minimum atomic E-state index is -0.102. The minimum absolute atomic E-state index is 0.102. The van der Waals surface area contributed by atoms with Crippen molar-refractivity contribution in [3.63, 3.8) is 0 Å². The Kier molecular flexibility index (Phi) is 2.99. The molecule has 3 N–H and O–H groups in total. The lowest BCUT2D eigenvalue weighted by atomic mass is 9.65. The number of anilines is 1. The van der Waals surface area contributed by atoms with Gasteiger partial charge in [-0.15, -0.1) is 0 Å². The number of nitrogens with zero attached hydrogens (tertiary/aromatic N) is 1. The Hall–Kier alpha value is -1.14. The topological polar surface area (TPSA) is 77.2 Å². The number of hydrogen-bond donors (Lipinski definition) is 2. The molecule has 2 aliphatic rings. The summed E-state index contributed by atoms with van der Waals surface area (Å²) < 4.78 is 9.62. The number of hydrogen-bond acceptors (Lipinski definition) is 5. The van der Waals surface area contributed by atoms with Crippen molar-refractivity contribution in [2.75, 3.05) is 12.3 Å². The number of amides is 1. The molecule has 5 nitrogen and oxygen atoms in total. The molecule has 4 atom stereocenters. The normalized spacial score (nSPS) is 33.8. The van der Waals surface area contributed by atoms with Gasteiger partial charge in [0.05, 0.1) is 11.7 Å².